The van der Waals surface area contributed by atoms with E-state index in [-0.39, 0.29) is 11.6 Å². The Morgan fingerprint density at radius 3 is 2.55 bits per heavy atom. The number of aromatic nitrogens is 1. The molecule has 1 heterocycles. The summed E-state index contributed by atoms with van der Waals surface area (Å²) in [7, 11) is 0. The summed E-state index contributed by atoms with van der Waals surface area (Å²) in [6.07, 6.45) is 0.331. The van der Waals surface area contributed by atoms with Gasteiger partial charge in [-0.2, -0.15) is 5.26 Å². The zero-order chi connectivity index (χ0) is 14.5. The first kappa shape index (κ1) is 13.4. The number of rotatable bonds is 4. The SMILES string of the molecule is N#CCc1ccc(Oc2nc(C(N)=O)ccc2N)cc1. The zero-order valence-electron chi connectivity index (χ0n) is 10.5. The Balaban J connectivity index is 2.23. The van der Waals surface area contributed by atoms with Crippen molar-refractivity contribution < 1.29 is 9.53 Å². The quantitative estimate of drug-likeness (QED) is 0.874. The Morgan fingerprint density at radius 1 is 1.25 bits per heavy atom. The van der Waals surface area contributed by atoms with Crippen molar-refractivity contribution in [1.29, 1.82) is 5.26 Å². The van der Waals surface area contributed by atoms with E-state index in [2.05, 4.69) is 11.1 Å². The molecule has 4 N–H and O–H groups in total. The largest absolute Gasteiger partial charge is 0.437 e. The second-order valence-electron chi connectivity index (χ2n) is 4.04. The van der Waals surface area contributed by atoms with Crippen LogP contribution in [-0.2, 0) is 6.42 Å². The third kappa shape index (κ3) is 3.03. The predicted molar refractivity (Wildman–Crippen MR) is 73.0 cm³/mol. The van der Waals surface area contributed by atoms with Gasteiger partial charge in [0.05, 0.1) is 18.2 Å². The molecule has 1 aromatic heterocycles. The summed E-state index contributed by atoms with van der Waals surface area (Å²) in [4.78, 5) is 15.0. The molecule has 0 radical (unpaired) electrons. The van der Waals surface area contributed by atoms with Crippen LogP contribution < -0.4 is 16.2 Å². The van der Waals surface area contributed by atoms with Crippen molar-refractivity contribution in [2.24, 2.45) is 5.73 Å². The van der Waals surface area contributed by atoms with E-state index in [4.69, 9.17) is 21.5 Å². The Bertz CT molecular complexity index is 675. The van der Waals surface area contributed by atoms with Crippen LogP contribution in [0.5, 0.6) is 11.6 Å². The van der Waals surface area contributed by atoms with Gasteiger partial charge in [-0.25, -0.2) is 4.98 Å². The topological polar surface area (TPSA) is 115 Å². The molecule has 0 atom stereocenters. The lowest BCUT2D eigenvalue weighted by atomic mass is 10.2. The summed E-state index contributed by atoms with van der Waals surface area (Å²) < 4.78 is 5.51. The van der Waals surface area contributed by atoms with E-state index < -0.39 is 5.91 Å². The molecule has 0 fully saturated rings. The average Bonchev–Trinajstić information content (AvgIpc) is 2.43. The molecule has 0 aliphatic carbocycles. The second kappa shape index (κ2) is 5.71. The van der Waals surface area contributed by atoms with Crippen LogP contribution in [0.25, 0.3) is 0 Å². The smallest absolute Gasteiger partial charge is 0.267 e. The second-order valence-corrected chi connectivity index (χ2v) is 4.04. The predicted octanol–water partition coefficient (Wildman–Crippen LogP) is 1.62. The average molecular weight is 268 g/mol. The van der Waals surface area contributed by atoms with Gasteiger partial charge < -0.3 is 16.2 Å². The van der Waals surface area contributed by atoms with Gasteiger partial charge in [0.1, 0.15) is 11.4 Å². The molecule has 0 unspecified atom stereocenters. The number of nitrogens with zero attached hydrogens (tertiary/aromatic N) is 2. The van der Waals surface area contributed by atoms with Crippen LogP contribution in [0.2, 0.25) is 0 Å². The van der Waals surface area contributed by atoms with Gasteiger partial charge in [-0.05, 0) is 29.8 Å². The molecule has 6 nitrogen and oxygen atoms in total. The van der Waals surface area contributed by atoms with Crippen LogP contribution in [0.1, 0.15) is 16.1 Å². The van der Waals surface area contributed by atoms with Crippen LogP contribution in [-0.4, -0.2) is 10.9 Å². The van der Waals surface area contributed by atoms with Crippen LogP contribution >= 0.6 is 0 Å². The molecular formula is C14H12N4O2. The number of ether oxygens (including phenoxy) is 1. The number of nitriles is 1. The fourth-order valence-electron chi connectivity index (χ4n) is 1.55. The van der Waals surface area contributed by atoms with E-state index in [1.54, 1.807) is 24.3 Å². The molecule has 1 aromatic carbocycles. The molecule has 100 valence electrons. The Morgan fingerprint density at radius 2 is 1.95 bits per heavy atom. The molecule has 2 rings (SSSR count). The molecule has 20 heavy (non-hydrogen) atoms. The first-order valence-corrected chi connectivity index (χ1v) is 5.80. The van der Waals surface area contributed by atoms with Gasteiger partial charge in [-0.1, -0.05) is 12.1 Å². The number of amides is 1. The van der Waals surface area contributed by atoms with E-state index in [1.165, 1.54) is 12.1 Å². The summed E-state index contributed by atoms with van der Waals surface area (Å²) in [6, 6.07) is 11.9. The minimum Gasteiger partial charge on any atom is -0.437 e. The third-order valence-corrected chi connectivity index (χ3v) is 2.56. The van der Waals surface area contributed by atoms with Crippen molar-refractivity contribution in [3.8, 4) is 17.7 Å². The molecule has 1 amide bonds. The van der Waals surface area contributed by atoms with Crippen LogP contribution in [0, 0.1) is 11.3 Å². The number of hydrogen-bond donors (Lipinski definition) is 2. The van der Waals surface area contributed by atoms with Gasteiger partial charge in [-0.15, -0.1) is 0 Å². The highest BCUT2D eigenvalue weighted by molar-refractivity contribution is 5.91. The minimum atomic E-state index is -0.654. The van der Waals surface area contributed by atoms with Crippen molar-refractivity contribution >= 4 is 11.6 Å². The lowest BCUT2D eigenvalue weighted by Gasteiger charge is -2.08. The third-order valence-electron chi connectivity index (χ3n) is 2.56. The Hall–Kier alpha value is -3.07. The summed E-state index contributed by atoms with van der Waals surface area (Å²) in [5, 5.41) is 8.59. The Kier molecular flexibility index (Phi) is 3.82. The molecule has 0 aliphatic rings. The first-order chi connectivity index (χ1) is 9.60. The lowest BCUT2D eigenvalue weighted by Crippen LogP contribution is -2.13. The van der Waals surface area contributed by atoms with Gasteiger partial charge >= 0.3 is 0 Å². The fraction of sp³-hybridized carbons (Fsp3) is 0.0714. The molecule has 0 saturated heterocycles. The molecule has 0 spiro atoms. The number of nitrogen functional groups attached to an aromatic ring is 1. The summed E-state index contributed by atoms with van der Waals surface area (Å²) in [6.45, 7) is 0. The van der Waals surface area contributed by atoms with Crippen molar-refractivity contribution in [2.45, 2.75) is 6.42 Å². The fourth-order valence-corrected chi connectivity index (χ4v) is 1.55. The number of carbonyl (C=O) groups excluding carboxylic acids is 1. The lowest BCUT2D eigenvalue weighted by molar-refractivity contribution is 0.0995. The van der Waals surface area contributed by atoms with Gasteiger partial charge in [0.25, 0.3) is 5.91 Å². The van der Waals surface area contributed by atoms with E-state index in [1.807, 2.05) is 0 Å². The standard InChI is InChI=1S/C14H12N4O2/c15-8-7-9-1-3-10(4-2-9)20-14-11(16)5-6-12(18-14)13(17)19/h1-6H,7,16H2,(H2,17,19). The van der Waals surface area contributed by atoms with Crippen molar-refractivity contribution in [3.63, 3.8) is 0 Å². The molecule has 0 bridgehead atoms. The molecule has 6 heteroatoms. The van der Waals surface area contributed by atoms with Gasteiger partial charge in [0.2, 0.25) is 5.88 Å². The van der Waals surface area contributed by atoms with Crippen molar-refractivity contribution in [3.05, 3.63) is 47.7 Å². The van der Waals surface area contributed by atoms with Crippen molar-refractivity contribution in [2.75, 3.05) is 5.73 Å². The number of primary amides is 1. The number of benzene rings is 1. The molecule has 2 aromatic rings. The monoisotopic (exact) mass is 268 g/mol. The highest BCUT2D eigenvalue weighted by atomic mass is 16.5. The van der Waals surface area contributed by atoms with E-state index in [9.17, 15) is 4.79 Å². The van der Waals surface area contributed by atoms with E-state index in [0.717, 1.165) is 5.56 Å². The maximum absolute atomic E-state index is 11.1. The van der Waals surface area contributed by atoms with Crippen molar-refractivity contribution in [1.82, 2.24) is 4.98 Å². The number of nitrogens with two attached hydrogens (primary N) is 2. The summed E-state index contributed by atoms with van der Waals surface area (Å²) in [5.41, 5.74) is 12.1. The van der Waals surface area contributed by atoms with Gasteiger partial charge in [0.15, 0.2) is 0 Å². The highest BCUT2D eigenvalue weighted by Gasteiger charge is 2.09. The zero-order valence-corrected chi connectivity index (χ0v) is 10.5. The van der Waals surface area contributed by atoms with Gasteiger partial charge in [-0.3, -0.25) is 4.79 Å². The number of pyridine rings is 1. The minimum absolute atomic E-state index is 0.0790. The molecule has 0 aliphatic heterocycles. The normalized spacial score (nSPS) is 9.75. The number of anilines is 1. The maximum Gasteiger partial charge on any atom is 0.267 e. The van der Waals surface area contributed by atoms with Gasteiger partial charge in [0, 0.05) is 0 Å². The van der Waals surface area contributed by atoms with Crippen LogP contribution in [0.15, 0.2) is 36.4 Å². The first-order valence-electron chi connectivity index (χ1n) is 5.80. The Labute approximate surface area is 115 Å². The van der Waals surface area contributed by atoms with E-state index in [0.29, 0.717) is 17.9 Å². The van der Waals surface area contributed by atoms with Crippen LogP contribution in [0.3, 0.4) is 0 Å². The maximum atomic E-state index is 11.1. The van der Waals surface area contributed by atoms with E-state index >= 15 is 0 Å². The molecular weight excluding hydrogens is 256 g/mol. The molecule has 0 saturated carbocycles. The number of hydrogen-bond acceptors (Lipinski definition) is 5. The number of carbonyl (C=O) groups is 1. The highest BCUT2D eigenvalue weighted by Crippen LogP contribution is 2.25. The summed E-state index contributed by atoms with van der Waals surface area (Å²) in [5.74, 6) is -0.0268. The summed E-state index contributed by atoms with van der Waals surface area (Å²) >= 11 is 0. The van der Waals surface area contributed by atoms with Crippen LogP contribution in [0.4, 0.5) is 5.69 Å².